The molecular weight excluding hydrogens is 386 g/mol. The summed E-state index contributed by atoms with van der Waals surface area (Å²) in [5.74, 6) is 0.987. The minimum atomic E-state index is 0.343. The van der Waals surface area contributed by atoms with E-state index in [1.54, 1.807) is 24.4 Å². The number of fused-ring (bicyclic) bond motifs is 1. The molecule has 31 heavy (non-hydrogen) atoms. The second-order valence-electron chi connectivity index (χ2n) is 7.23. The highest BCUT2D eigenvalue weighted by Gasteiger charge is 2.17. The topological polar surface area (TPSA) is 97.8 Å². The minimum absolute atomic E-state index is 0.343. The van der Waals surface area contributed by atoms with Crippen molar-refractivity contribution in [1.82, 2.24) is 19.5 Å². The van der Waals surface area contributed by atoms with E-state index in [9.17, 15) is 0 Å². The molecule has 0 aliphatic heterocycles. The summed E-state index contributed by atoms with van der Waals surface area (Å²) in [6, 6.07) is 13.5. The van der Waals surface area contributed by atoms with Crippen LogP contribution >= 0.6 is 0 Å². The molecule has 150 valence electrons. The van der Waals surface area contributed by atoms with Crippen molar-refractivity contribution in [3.05, 3.63) is 93.9 Å². The van der Waals surface area contributed by atoms with E-state index < -0.39 is 0 Å². The lowest BCUT2D eigenvalue weighted by Gasteiger charge is -2.14. The molecule has 7 heteroatoms. The Kier molecular flexibility index (Phi) is 5.17. The Bertz CT molecular complexity index is 1370. The van der Waals surface area contributed by atoms with Gasteiger partial charge in [0, 0.05) is 6.42 Å². The number of nitrogen functional groups attached to an aromatic ring is 1. The number of nitriles is 1. The van der Waals surface area contributed by atoms with Crippen LogP contribution in [-0.4, -0.2) is 19.5 Å². The van der Waals surface area contributed by atoms with Crippen molar-refractivity contribution in [3.63, 3.8) is 0 Å². The molecule has 2 N–H and O–H groups in total. The molecule has 0 saturated carbocycles. The van der Waals surface area contributed by atoms with Gasteiger partial charge in [0.1, 0.15) is 11.3 Å². The fraction of sp³-hybridized carbons (Fsp3) is 0.125. The average molecular weight is 405 g/mol. The molecule has 2 aromatic heterocycles. The molecule has 0 fully saturated rings. The number of nitrogens with zero attached hydrogens (tertiary/aromatic N) is 6. The summed E-state index contributed by atoms with van der Waals surface area (Å²) in [4.78, 5) is 16.9. The number of hydrogen-bond donors (Lipinski definition) is 1. The van der Waals surface area contributed by atoms with Crippen LogP contribution in [0.1, 0.15) is 33.6 Å². The first-order chi connectivity index (χ1) is 15.0. The van der Waals surface area contributed by atoms with Crippen LogP contribution in [-0.2, 0) is 6.42 Å². The van der Waals surface area contributed by atoms with Crippen molar-refractivity contribution in [2.45, 2.75) is 20.3 Å². The monoisotopic (exact) mass is 405 g/mol. The number of nitrogens with two attached hydrogens (primary N) is 1. The largest absolute Gasteiger partial charge is 0.369 e. The summed E-state index contributed by atoms with van der Waals surface area (Å²) in [6.07, 6.45) is 5.44. The Morgan fingerprint density at radius 3 is 2.52 bits per heavy atom. The standard InChI is InChI=1S/C24H19N7/c1-15-10-19(8-9-27-3)11-16(2)22(15)31-23-20(29-24(31)26)14-28-21(30-23)12-17-4-6-18(13-25)7-5-17/h4-11,14H,12H2,1-2H3,(H2,26,29)/b9-8+. The molecule has 0 radical (unpaired) electrons. The summed E-state index contributed by atoms with van der Waals surface area (Å²) in [7, 11) is 0. The molecule has 0 amide bonds. The van der Waals surface area contributed by atoms with Gasteiger partial charge < -0.3 is 5.73 Å². The van der Waals surface area contributed by atoms with Gasteiger partial charge in [0.25, 0.3) is 0 Å². The van der Waals surface area contributed by atoms with Gasteiger partial charge in [-0.2, -0.15) is 5.26 Å². The number of hydrogen-bond acceptors (Lipinski definition) is 5. The van der Waals surface area contributed by atoms with Gasteiger partial charge in [0.05, 0.1) is 30.1 Å². The molecule has 7 nitrogen and oxygen atoms in total. The SMILES string of the molecule is [C-]#[N+]/C=C/c1cc(C)c(-n2c(N)nc3cnc(Cc4ccc(C#N)cc4)nc32)c(C)c1. The third-order valence-corrected chi connectivity index (χ3v) is 5.00. The Morgan fingerprint density at radius 1 is 1.16 bits per heavy atom. The predicted octanol–water partition coefficient (Wildman–Crippen LogP) is 4.37. The Hall–Kier alpha value is -4.49. The molecule has 0 aliphatic carbocycles. The maximum atomic E-state index is 8.97. The maximum Gasteiger partial charge on any atom is 0.207 e. The number of rotatable bonds is 4. The number of imidazole rings is 1. The lowest BCUT2D eigenvalue weighted by Crippen LogP contribution is -2.07. The predicted molar refractivity (Wildman–Crippen MR) is 120 cm³/mol. The molecule has 0 unspecified atom stereocenters. The van der Waals surface area contributed by atoms with Gasteiger partial charge in [0.15, 0.2) is 11.8 Å². The number of aryl methyl sites for hydroxylation is 2. The van der Waals surface area contributed by atoms with Gasteiger partial charge >= 0.3 is 0 Å². The highest BCUT2D eigenvalue weighted by Crippen LogP contribution is 2.28. The molecule has 0 aliphatic rings. The fourth-order valence-corrected chi connectivity index (χ4v) is 3.67. The molecule has 0 atom stereocenters. The summed E-state index contributed by atoms with van der Waals surface area (Å²) >= 11 is 0. The third kappa shape index (κ3) is 3.85. The van der Waals surface area contributed by atoms with Crippen molar-refractivity contribution in [1.29, 1.82) is 5.26 Å². The zero-order valence-corrected chi connectivity index (χ0v) is 17.2. The number of anilines is 1. The van der Waals surface area contributed by atoms with E-state index in [0.29, 0.717) is 34.9 Å². The fourth-order valence-electron chi connectivity index (χ4n) is 3.67. The molecule has 4 rings (SSSR count). The second kappa shape index (κ2) is 8.10. The van der Waals surface area contributed by atoms with Gasteiger partial charge in [-0.25, -0.2) is 19.8 Å². The van der Waals surface area contributed by atoms with E-state index >= 15 is 0 Å². The van der Waals surface area contributed by atoms with Gasteiger partial charge in [-0.05, 0) is 48.2 Å². The first-order valence-electron chi connectivity index (χ1n) is 9.63. The van der Waals surface area contributed by atoms with Gasteiger partial charge in [0.2, 0.25) is 5.95 Å². The van der Waals surface area contributed by atoms with Gasteiger partial charge in [-0.3, -0.25) is 4.57 Å². The van der Waals surface area contributed by atoms with E-state index in [1.807, 2.05) is 42.7 Å². The Morgan fingerprint density at radius 2 is 1.87 bits per heavy atom. The van der Waals surface area contributed by atoms with Gasteiger partial charge in [-0.1, -0.05) is 30.3 Å². The number of aromatic nitrogens is 4. The van der Waals surface area contributed by atoms with Crippen molar-refractivity contribution in [2.24, 2.45) is 0 Å². The summed E-state index contributed by atoms with van der Waals surface area (Å²) in [6.45, 7) is 10.9. The van der Waals surface area contributed by atoms with Crippen LogP contribution in [0.25, 0.3) is 27.8 Å². The summed E-state index contributed by atoms with van der Waals surface area (Å²) < 4.78 is 1.85. The molecule has 0 bridgehead atoms. The Balaban J connectivity index is 1.79. The zero-order valence-electron chi connectivity index (χ0n) is 17.2. The maximum absolute atomic E-state index is 8.97. The molecule has 4 aromatic rings. The van der Waals surface area contributed by atoms with Crippen molar-refractivity contribution >= 4 is 23.2 Å². The van der Waals surface area contributed by atoms with Gasteiger partial charge in [-0.15, -0.1) is 0 Å². The van der Waals surface area contributed by atoms with Crippen molar-refractivity contribution in [3.8, 4) is 11.8 Å². The molecule has 0 spiro atoms. The smallest absolute Gasteiger partial charge is 0.207 e. The Labute approximate surface area is 180 Å². The molecular formula is C24H19N7. The molecule has 2 aromatic carbocycles. The van der Waals surface area contributed by atoms with Crippen LogP contribution < -0.4 is 5.73 Å². The molecule has 2 heterocycles. The van der Waals surface area contributed by atoms with E-state index in [1.165, 1.54) is 6.20 Å². The highest BCUT2D eigenvalue weighted by molar-refractivity contribution is 5.77. The van der Waals surface area contributed by atoms with E-state index in [-0.39, 0.29) is 0 Å². The first kappa shape index (κ1) is 19.8. The third-order valence-electron chi connectivity index (χ3n) is 5.00. The van der Waals surface area contributed by atoms with Crippen LogP contribution in [0.5, 0.6) is 0 Å². The second-order valence-corrected chi connectivity index (χ2v) is 7.23. The lowest BCUT2D eigenvalue weighted by atomic mass is 10.0. The van der Waals surface area contributed by atoms with Crippen LogP contribution in [0.2, 0.25) is 0 Å². The minimum Gasteiger partial charge on any atom is -0.369 e. The van der Waals surface area contributed by atoms with Crippen molar-refractivity contribution in [2.75, 3.05) is 5.73 Å². The van der Waals surface area contributed by atoms with E-state index in [4.69, 9.17) is 22.6 Å². The van der Waals surface area contributed by atoms with E-state index in [2.05, 4.69) is 20.9 Å². The van der Waals surface area contributed by atoms with Crippen LogP contribution in [0, 0.1) is 31.8 Å². The van der Waals surface area contributed by atoms with E-state index in [0.717, 1.165) is 27.9 Å². The van der Waals surface area contributed by atoms with Crippen LogP contribution in [0.4, 0.5) is 5.95 Å². The average Bonchev–Trinajstić information content (AvgIpc) is 3.07. The zero-order chi connectivity index (χ0) is 22.0. The lowest BCUT2D eigenvalue weighted by molar-refractivity contribution is 0.965. The normalized spacial score (nSPS) is 11.0. The van der Waals surface area contributed by atoms with Crippen LogP contribution in [0.3, 0.4) is 0 Å². The summed E-state index contributed by atoms with van der Waals surface area (Å²) in [5, 5.41) is 8.97. The first-order valence-corrected chi connectivity index (χ1v) is 9.63. The summed E-state index contributed by atoms with van der Waals surface area (Å²) in [5.41, 5.74) is 13.1. The highest BCUT2D eigenvalue weighted by atomic mass is 15.2. The molecule has 0 saturated heterocycles. The van der Waals surface area contributed by atoms with Crippen molar-refractivity contribution < 1.29 is 0 Å². The van der Waals surface area contributed by atoms with Crippen LogP contribution in [0.15, 0.2) is 48.8 Å². The quantitative estimate of drug-likeness (QED) is 0.509. The number of benzene rings is 2.